The lowest BCUT2D eigenvalue weighted by Gasteiger charge is -2.27. The van der Waals surface area contributed by atoms with Crippen LogP contribution in [-0.4, -0.2) is 40.2 Å². The maximum atomic E-state index is 13.2. The molecule has 11 heteroatoms. The van der Waals surface area contributed by atoms with Crippen LogP contribution in [0.15, 0.2) is 47.1 Å². The third kappa shape index (κ3) is 5.40. The van der Waals surface area contributed by atoms with Crippen molar-refractivity contribution >= 4 is 56.0 Å². The molecule has 0 fully saturated rings. The summed E-state index contributed by atoms with van der Waals surface area (Å²) in [6.07, 6.45) is -3.88. The Morgan fingerprint density at radius 1 is 1.11 bits per heavy atom. The summed E-state index contributed by atoms with van der Waals surface area (Å²) < 4.78 is 46.0. The van der Waals surface area contributed by atoms with E-state index < -0.39 is 35.6 Å². The van der Waals surface area contributed by atoms with E-state index in [9.17, 15) is 27.6 Å². The number of fused-ring (bicyclic) bond motifs is 2. The van der Waals surface area contributed by atoms with E-state index in [1.54, 1.807) is 51.1 Å². The highest BCUT2D eigenvalue weighted by Crippen LogP contribution is 2.32. The molecule has 2 aromatic carbocycles. The molecular weight excluding hydrogens is 543 g/mol. The van der Waals surface area contributed by atoms with Crippen LogP contribution in [-0.2, 0) is 16.0 Å². The summed E-state index contributed by atoms with van der Waals surface area (Å²) in [6, 6.07) is 8.55. The van der Waals surface area contributed by atoms with Gasteiger partial charge in [-0.25, -0.2) is 4.79 Å². The number of amides is 1. The second-order valence-electron chi connectivity index (χ2n) is 9.48. The smallest absolute Gasteiger partial charge is 0.443 e. The number of alkyl halides is 3. The zero-order valence-electron chi connectivity index (χ0n) is 19.6. The second kappa shape index (κ2) is 9.27. The van der Waals surface area contributed by atoms with Crippen molar-refractivity contribution in [3.8, 4) is 0 Å². The third-order valence-electron chi connectivity index (χ3n) is 5.60. The Morgan fingerprint density at radius 3 is 2.50 bits per heavy atom. The molecule has 0 saturated carbocycles. The molecule has 1 aliphatic rings. The first-order chi connectivity index (χ1) is 16.7. The minimum atomic E-state index is -4.93. The van der Waals surface area contributed by atoms with E-state index in [4.69, 9.17) is 4.74 Å². The minimum absolute atomic E-state index is 0.0239. The molecule has 2 heterocycles. The fourth-order valence-electron chi connectivity index (χ4n) is 4.00. The van der Waals surface area contributed by atoms with Crippen LogP contribution in [0.3, 0.4) is 0 Å². The number of hydrogen-bond acceptors (Lipinski definition) is 5. The first-order valence-electron chi connectivity index (χ1n) is 11.1. The van der Waals surface area contributed by atoms with E-state index in [-0.39, 0.29) is 12.0 Å². The SMILES string of the molecule is CC(C)(C)OC(=O)n1cc(C(=O)Nc2ccc3c(c2)NC(C(=O)C(F)(F)F)CC3)c2cc(Br)ccc21. The average molecular weight is 566 g/mol. The number of halogens is 4. The number of Topliss-reactive ketones (excluding diaryl/α,β-unsaturated/α-hetero) is 1. The number of ether oxygens (including phenoxy) is 1. The predicted molar refractivity (Wildman–Crippen MR) is 132 cm³/mol. The molecule has 0 saturated heterocycles. The highest BCUT2D eigenvalue weighted by molar-refractivity contribution is 9.10. The molecule has 3 aromatic rings. The molecule has 0 radical (unpaired) electrons. The van der Waals surface area contributed by atoms with Crippen molar-refractivity contribution in [3.05, 3.63) is 58.2 Å². The molecule has 2 N–H and O–H groups in total. The van der Waals surface area contributed by atoms with Gasteiger partial charge in [-0.1, -0.05) is 22.0 Å². The number of nitrogens with zero attached hydrogens (tertiary/aromatic N) is 1. The fourth-order valence-corrected chi connectivity index (χ4v) is 4.37. The predicted octanol–water partition coefficient (Wildman–Crippen LogP) is 6.30. The summed E-state index contributed by atoms with van der Waals surface area (Å²) in [6.45, 7) is 5.20. The quantitative estimate of drug-likeness (QED) is 0.389. The molecule has 1 atom stereocenters. The molecule has 7 nitrogen and oxygen atoms in total. The normalized spacial score (nSPS) is 15.7. The van der Waals surface area contributed by atoms with E-state index in [2.05, 4.69) is 26.6 Å². The standard InChI is InChI=1S/C25H23BrF3N3O4/c1-24(2,3)36-23(35)32-12-17(16-10-14(26)6-9-20(16)32)22(34)30-15-7-4-13-5-8-18(31-19(13)11-15)21(33)25(27,28)29/h4,6-7,9-12,18,31H,5,8H2,1-3H3,(H,30,34). The molecule has 1 unspecified atom stereocenters. The van der Waals surface area contributed by atoms with Gasteiger partial charge in [0.15, 0.2) is 0 Å². The molecule has 1 amide bonds. The molecule has 0 aliphatic carbocycles. The van der Waals surface area contributed by atoms with Crippen molar-refractivity contribution in [2.75, 3.05) is 10.6 Å². The van der Waals surface area contributed by atoms with Crippen molar-refractivity contribution in [2.24, 2.45) is 0 Å². The Labute approximate surface area is 213 Å². The maximum absolute atomic E-state index is 13.2. The van der Waals surface area contributed by atoms with Crippen LogP contribution in [0.2, 0.25) is 0 Å². The third-order valence-corrected chi connectivity index (χ3v) is 6.09. The lowest BCUT2D eigenvalue weighted by Crippen LogP contribution is -2.41. The summed E-state index contributed by atoms with van der Waals surface area (Å²) in [4.78, 5) is 37.6. The zero-order valence-corrected chi connectivity index (χ0v) is 21.2. The lowest BCUT2D eigenvalue weighted by atomic mass is 9.95. The van der Waals surface area contributed by atoms with Gasteiger partial charge in [0, 0.05) is 27.4 Å². The van der Waals surface area contributed by atoms with Crippen LogP contribution in [0.1, 0.15) is 43.1 Å². The number of nitrogens with one attached hydrogen (secondary N) is 2. The topological polar surface area (TPSA) is 89.4 Å². The Hall–Kier alpha value is -3.34. The molecule has 0 bridgehead atoms. The van der Waals surface area contributed by atoms with Crippen LogP contribution < -0.4 is 10.6 Å². The summed E-state index contributed by atoms with van der Waals surface area (Å²) in [5.41, 5.74) is 1.34. The van der Waals surface area contributed by atoms with Gasteiger partial charge < -0.3 is 15.4 Å². The maximum Gasteiger partial charge on any atom is 0.452 e. The molecule has 190 valence electrons. The van der Waals surface area contributed by atoms with E-state index in [1.165, 1.54) is 16.8 Å². The van der Waals surface area contributed by atoms with Gasteiger partial charge in [-0.3, -0.25) is 14.2 Å². The van der Waals surface area contributed by atoms with Gasteiger partial charge in [-0.2, -0.15) is 13.2 Å². The van der Waals surface area contributed by atoms with Gasteiger partial charge in [0.1, 0.15) is 5.60 Å². The first kappa shape index (κ1) is 25.7. The van der Waals surface area contributed by atoms with Crippen molar-refractivity contribution in [2.45, 2.75) is 51.4 Å². The number of rotatable bonds is 3. The van der Waals surface area contributed by atoms with Gasteiger partial charge >= 0.3 is 12.3 Å². The number of hydrogen-bond donors (Lipinski definition) is 2. The Balaban J connectivity index is 1.62. The molecule has 36 heavy (non-hydrogen) atoms. The number of aromatic nitrogens is 1. The Morgan fingerprint density at radius 2 is 1.83 bits per heavy atom. The van der Waals surface area contributed by atoms with E-state index in [0.29, 0.717) is 33.2 Å². The van der Waals surface area contributed by atoms with Gasteiger partial charge in [-0.05, 0) is 69.5 Å². The lowest BCUT2D eigenvalue weighted by molar-refractivity contribution is -0.172. The largest absolute Gasteiger partial charge is 0.452 e. The highest BCUT2D eigenvalue weighted by Gasteiger charge is 2.44. The monoisotopic (exact) mass is 565 g/mol. The van der Waals surface area contributed by atoms with Crippen molar-refractivity contribution in [3.63, 3.8) is 0 Å². The number of carbonyl (C=O) groups excluding carboxylic acids is 3. The van der Waals surface area contributed by atoms with Gasteiger partial charge in [0.25, 0.3) is 11.7 Å². The Bertz CT molecular complexity index is 1380. The zero-order chi connectivity index (χ0) is 26.4. The van der Waals surface area contributed by atoms with Crippen molar-refractivity contribution < 1.29 is 32.3 Å². The van der Waals surface area contributed by atoms with Crippen LogP contribution in [0, 0.1) is 0 Å². The van der Waals surface area contributed by atoms with Gasteiger partial charge in [0.2, 0.25) is 0 Å². The number of carbonyl (C=O) groups is 3. The van der Waals surface area contributed by atoms with Gasteiger partial charge in [-0.15, -0.1) is 0 Å². The van der Waals surface area contributed by atoms with Crippen molar-refractivity contribution in [1.29, 1.82) is 0 Å². The summed E-state index contributed by atoms with van der Waals surface area (Å²) in [5, 5.41) is 5.87. The van der Waals surface area contributed by atoms with Crippen LogP contribution >= 0.6 is 15.9 Å². The molecule has 1 aliphatic heterocycles. The highest BCUT2D eigenvalue weighted by atomic mass is 79.9. The fraction of sp³-hybridized carbons (Fsp3) is 0.320. The summed E-state index contributed by atoms with van der Waals surface area (Å²) >= 11 is 3.38. The molecule has 4 rings (SSSR count). The van der Waals surface area contributed by atoms with E-state index >= 15 is 0 Å². The summed E-state index contributed by atoms with van der Waals surface area (Å²) in [5.74, 6) is -2.36. The molecule has 1 aromatic heterocycles. The van der Waals surface area contributed by atoms with E-state index in [0.717, 1.165) is 5.56 Å². The van der Waals surface area contributed by atoms with Crippen LogP contribution in [0.4, 0.5) is 29.3 Å². The number of ketones is 1. The van der Waals surface area contributed by atoms with E-state index in [1.807, 2.05) is 0 Å². The van der Waals surface area contributed by atoms with Crippen LogP contribution in [0.25, 0.3) is 10.9 Å². The Kier molecular flexibility index (Phi) is 6.63. The number of anilines is 2. The number of aryl methyl sites for hydroxylation is 1. The average Bonchev–Trinajstić information content (AvgIpc) is 3.15. The summed E-state index contributed by atoms with van der Waals surface area (Å²) in [7, 11) is 0. The first-order valence-corrected chi connectivity index (χ1v) is 11.9. The number of benzene rings is 2. The minimum Gasteiger partial charge on any atom is -0.443 e. The van der Waals surface area contributed by atoms with Crippen LogP contribution in [0.5, 0.6) is 0 Å². The van der Waals surface area contributed by atoms with Gasteiger partial charge in [0.05, 0.1) is 17.1 Å². The molecule has 0 spiro atoms. The second-order valence-corrected chi connectivity index (χ2v) is 10.4. The molecular formula is C25H23BrF3N3O4. The van der Waals surface area contributed by atoms with Crippen molar-refractivity contribution in [1.82, 2.24) is 4.57 Å².